The summed E-state index contributed by atoms with van der Waals surface area (Å²) in [4.78, 5) is 15.0. The molecule has 0 amide bonds. The third kappa shape index (κ3) is 1.92. The van der Waals surface area contributed by atoms with Crippen molar-refractivity contribution in [1.82, 2.24) is 4.98 Å². The lowest BCUT2D eigenvalue weighted by Crippen LogP contribution is -2.03. The van der Waals surface area contributed by atoms with Gasteiger partial charge in [-0.3, -0.25) is 0 Å². The van der Waals surface area contributed by atoms with Crippen molar-refractivity contribution in [3.05, 3.63) is 33.7 Å². The van der Waals surface area contributed by atoms with Crippen LogP contribution in [0.15, 0.2) is 16.6 Å². The number of fused-ring (bicyclic) bond motifs is 1. The molecule has 94 valence electrons. The van der Waals surface area contributed by atoms with Crippen LogP contribution in [0.5, 0.6) is 5.75 Å². The number of hydrogen-bond donors (Lipinski definition) is 1. The molecule has 0 saturated carbocycles. The molecule has 0 atom stereocenters. The van der Waals surface area contributed by atoms with Crippen LogP contribution in [0.4, 0.5) is 4.39 Å². The van der Waals surface area contributed by atoms with Gasteiger partial charge < -0.3 is 9.84 Å². The Hall–Kier alpha value is -1.69. The molecule has 6 heteroatoms. The number of rotatable bonds is 2. The molecule has 0 radical (unpaired) electrons. The van der Waals surface area contributed by atoms with Crippen molar-refractivity contribution in [3.63, 3.8) is 0 Å². The lowest BCUT2D eigenvalue weighted by molar-refractivity contribution is 0.0690. The van der Waals surface area contributed by atoms with Gasteiger partial charge >= 0.3 is 5.97 Å². The van der Waals surface area contributed by atoms with E-state index in [0.29, 0.717) is 16.5 Å². The van der Waals surface area contributed by atoms with Crippen molar-refractivity contribution in [1.29, 1.82) is 0 Å². The fourth-order valence-electron chi connectivity index (χ4n) is 1.73. The molecule has 0 aliphatic carbocycles. The molecule has 0 unspecified atom stereocenters. The van der Waals surface area contributed by atoms with Crippen LogP contribution in [-0.2, 0) is 0 Å². The predicted molar refractivity (Wildman–Crippen MR) is 67.6 cm³/mol. The number of halogens is 2. The number of pyridine rings is 1. The van der Waals surface area contributed by atoms with Gasteiger partial charge in [0.1, 0.15) is 11.6 Å². The van der Waals surface area contributed by atoms with Crippen LogP contribution in [0.2, 0.25) is 0 Å². The second-order valence-corrected chi connectivity index (χ2v) is 4.52. The summed E-state index contributed by atoms with van der Waals surface area (Å²) in [5, 5.41) is 9.41. The van der Waals surface area contributed by atoms with Crippen molar-refractivity contribution >= 4 is 32.8 Å². The van der Waals surface area contributed by atoms with Crippen LogP contribution in [0, 0.1) is 12.7 Å². The van der Waals surface area contributed by atoms with Gasteiger partial charge in [0, 0.05) is 6.07 Å². The smallest absolute Gasteiger partial charge is 0.354 e. The second kappa shape index (κ2) is 4.53. The number of benzene rings is 1. The van der Waals surface area contributed by atoms with Crippen molar-refractivity contribution in [2.75, 3.05) is 7.11 Å². The minimum atomic E-state index is -1.16. The Morgan fingerprint density at radius 3 is 2.72 bits per heavy atom. The number of aromatic carboxylic acids is 1. The molecule has 0 spiro atoms. The Morgan fingerprint density at radius 1 is 1.50 bits per heavy atom. The van der Waals surface area contributed by atoms with Gasteiger partial charge in [-0.05, 0) is 34.5 Å². The fraction of sp³-hybridized carbons (Fsp3) is 0.167. The average Bonchev–Trinajstić information content (AvgIpc) is 2.34. The number of hydrogen-bond acceptors (Lipinski definition) is 3. The summed E-state index contributed by atoms with van der Waals surface area (Å²) >= 11 is 3.13. The van der Waals surface area contributed by atoms with Crippen LogP contribution < -0.4 is 4.74 Å². The van der Waals surface area contributed by atoms with Crippen LogP contribution in [0.1, 0.15) is 16.1 Å². The largest absolute Gasteiger partial charge is 0.496 e. The normalized spacial score (nSPS) is 10.7. The van der Waals surface area contributed by atoms with E-state index in [2.05, 4.69) is 20.9 Å². The number of aromatic nitrogens is 1. The van der Waals surface area contributed by atoms with E-state index in [4.69, 9.17) is 9.84 Å². The first-order valence-corrected chi connectivity index (χ1v) is 5.81. The van der Waals surface area contributed by atoms with Crippen LogP contribution in [-0.4, -0.2) is 23.2 Å². The highest BCUT2D eigenvalue weighted by atomic mass is 79.9. The number of carboxylic acids is 1. The minimum absolute atomic E-state index is 0.138. The van der Waals surface area contributed by atoms with Crippen molar-refractivity contribution in [2.45, 2.75) is 6.92 Å². The Balaban J connectivity index is 2.96. The predicted octanol–water partition coefficient (Wildman–Crippen LogP) is 3.15. The number of ether oxygens (including phenoxy) is 1. The van der Waals surface area contributed by atoms with Gasteiger partial charge in [0.2, 0.25) is 0 Å². The average molecular weight is 314 g/mol. The van der Waals surface area contributed by atoms with Gasteiger partial charge in [-0.2, -0.15) is 0 Å². The summed E-state index contributed by atoms with van der Waals surface area (Å²) in [6.07, 6.45) is 0. The molecule has 0 aliphatic heterocycles. The van der Waals surface area contributed by atoms with Crippen LogP contribution in [0.25, 0.3) is 10.9 Å². The third-order valence-electron chi connectivity index (χ3n) is 2.57. The van der Waals surface area contributed by atoms with Gasteiger partial charge in [0.15, 0.2) is 5.69 Å². The molecule has 2 aromatic rings. The van der Waals surface area contributed by atoms with E-state index >= 15 is 0 Å². The maximum atomic E-state index is 13.6. The number of carboxylic acid groups (broad SMARTS) is 1. The van der Waals surface area contributed by atoms with Crippen molar-refractivity contribution < 1.29 is 19.0 Å². The SMILES string of the molecule is COc1cc(C(=O)O)nc2c(C)cc(F)c(Br)c12. The quantitative estimate of drug-likeness (QED) is 0.925. The first-order valence-electron chi connectivity index (χ1n) is 5.02. The molecule has 0 saturated heterocycles. The molecule has 4 nitrogen and oxygen atoms in total. The van der Waals surface area contributed by atoms with Crippen LogP contribution in [0.3, 0.4) is 0 Å². The first kappa shape index (κ1) is 12.8. The summed E-state index contributed by atoms with van der Waals surface area (Å²) in [7, 11) is 1.40. The van der Waals surface area contributed by atoms with Gasteiger partial charge in [-0.15, -0.1) is 0 Å². The van der Waals surface area contributed by atoms with E-state index in [-0.39, 0.29) is 15.9 Å². The molecular formula is C12H9BrFNO3. The molecule has 1 aromatic carbocycles. The minimum Gasteiger partial charge on any atom is -0.496 e. The Morgan fingerprint density at radius 2 is 2.17 bits per heavy atom. The van der Waals surface area contributed by atoms with E-state index < -0.39 is 11.8 Å². The summed E-state index contributed by atoms with van der Waals surface area (Å²) in [5.41, 5.74) is 0.813. The standard InChI is InChI=1S/C12H9BrFNO3/c1-5-3-6(14)10(13)9-8(18-2)4-7(12(16)17)15-11(5)9/h3-4H,1-2H3,(H,16,17). The molecule has 1 aromatic heterocycles. The highest BCUT2D eigenvalue weighted by Gasteiger charge is 2.17. The molecule has 1 heterocycles. The molecule has 18 heavy (non-hydrogen) atoms. The Kier molecular flexibility index (Phi) is 3.21. The van der Waals surface area contributed by atoms with Gasteiger partial charge in [0.25, 0.3) is 0 Å². The van der Waals surface area contributed by atoms with E-state index in [9.17, 15) is 9.18 Å². The molecule has 1 N–H and O–H groups in total. The molecule has 2 rings (SSSR count). The summed E-state index contributed by atoms with van der Waals surface area (Å²) < 4.78 is 19.0. The zero-order valence-corrected chi connectivity index (χ0v) is 11.2. The topological polar surface area (TPSA) is 59.4 Å². The van der Waals surface area contributed by atoms with E-state index in [1.165, 1.54) is 19.2 Å². The monoisotopic (exact) mass is 313 g/mol. The lowest BCUT2D eigenvalue weighted by Gasteiger charge is -2.11. The molecular weight excluding hydrogens is 305 g/mol. The van der Waals surface area contributed by atoms with Gasteiger partial charge in [-0.25, -0.2) is 14.2 Å². The third-order valence-corrected chi connectivity index (χ3v) is 3.34. The maximum absolute atomic E-state index is 13.6. The molecule has 0 aliphatic rings. The fourth-order valence-corrected chi connectivity index (χ4v) is 2.23. The number of nitrogens with zero attached hydrogens (tertiary/aromatic N) is 1. The maximum Gasteiger partial charge on any atom is 0.354 e. The Labute approximate surface area is 111 Å². The zero-order valence-electron chi connectivity index (χ0n) is 9.62. The summed E-state index contributed by atoms with van der Waals surface area (Å²) in [5.74, 6) is -1.33. The molecule has 0 bridgehead atoms. The van der Waals surface area contributed by atoms with Gasteiger partial charge in [-0.1, -0.05) is 0 Å². The van der Waals surface area contributed by atoms with E-state index in [0.717, 1.165) is 0 Å². The van der Waals surface area contributed by atoms with Crippen LogP contribution >= 0.6 is 15.9 Å². The number of methoxy groups -OCH3 is 1. The number of carbonyl (C=O) groups is 1. The number of aryl methyl sites for hydroxylation is 1. The second-order valence-electron chi connectivity index (χ2n) is 3.73. The zero-order chi connectivity index (χ0) is 13.4. The highest BCUT2D eigenvalue weighted by Crippen LogP contribution is 2.35. The highest BCUT2D eigenvalue weighted by molar-refractivity contribution is 9.10. The summed E-state index contributed by atoms with van der Waals surface area (Å²) in [6.45, 7) is 1.66. The first-order chi connectivity index (χ1) is 8.45. The van der Waals surface area contributed by atoms with Gasteiger partial charge in [0.05, 0.1) is 22.5 Å². The van der Waals surface area contributed by atoms with E-state index in [1.54, 1.807) is 6.92 Å². The summed E-state index contributed by atoms with van der Waals surface area (Å²) in [6, 6.07) is 2.57. The van der Waals surface area contributed by atoms with E-state index in [1.807, 2.05) is 0 Å². The lowest BCUT2D eigenvalue weighted by atomic mass is 10.1. The van der Waals surface area contributed by atoms with Crippen molar-refractivity contribution in [2.24, 2.45) is 0 Å². The van der Waals surface area contributed by atoms with Crippen molar-refractivity contribution in [3.8, 4) is 5.75 Å². The molecule has 0 fully saturated rings. The Bertz CT molecular complexity index is 658.